The predicted octanol–water partition coefficient (Wildman–Crippen LogP) is 5.03. The Morgan fingerprint density at radius 2 is 1.64 bits per heavy atom. The molecule has 0 bridgehead atoms. The largest absolute Gasteiger partial charge is 0.493 e. The van der Waals surface area contributed by atoms with Gasteiger partial charge in [-0.1, -0.05) is 38.1 Å². The van der Waals surface area contributed by atoms with Crippen LogP contribution in [0.15, 0.2) is 48.5 Å². The molecule has 1 amide bonds. The number of amides is 1. The molecule has 0 heterocycles. The van der Waals surface area contributed by atoms with Crippen molar-refractivity contribution in [2.24, 2.45) is 5.92 Å². The highest BCUT2D eigenvalue weighted by Gasteiger charge is 2.15. The molecular weight excluding hydrogens is 372 g/mol. The second kappa shape index (κ2) is 10.7. The van der Waals surface area contributed by atoms with Gasteiger partial charge in [0.1, 0.15) is 11.5 Å². The first kappa shape index (κ1) is 21.7. The molecule has 0 saturated carbocycles. The van der Waals surface area contributed by atoms with Crippen molar-refractivity contribution in [3.63, 3.8) is 0 Å². The summed E-state index contributed by atoms with van der Waals surface area (Å²) in [6.45, 7) is 8.73. The molecule has 2 rings (SSSR count). The first-order valence-corrected chi connectivity index (χ1v) is 9.87. The van der Waals surface area contributed by atoms with Crippen molar-refractivity contribution in [2.45, 2.75) is 40.2 Å². The van der Waals surface area contributed by atoms with Crippen molar-refractivity contribution >= 4 is 28.9 Å². The molecule has 0 fully saturated rings. The number of hydrogen-bond acceptors (Lipinski definition) is 4. The van der Waals surface area contributed by atoms with E-state index in [-0.39, 0.29) is 17.1 Å². The summed E-state index contributed by atoms with van der Waals surface area (Å²) in [6.07, 6.45) is 0.948. The molecule has 0 saturated heterocycles. The highest BCUT2D eigenvalue weighted by molar-refractivity contribution is 7.80. The summed E-state index contributed by atoms with van der Waals surface area (Å²) in [5.41, 5.74) is 1.14. The third-order valence-corrected chi connectivity index (χ3v) is 4.01. The number of hydrogen-bond donors (Lipinski definition) is 2. The summed E-state index contributed by atoms with van der Waals surface area (Å²) in [6, 6.07) is 14.6. The van der Waals surface area contributed by atoms with Gasteiger partial charge in [0.15, 0.2) is 5.11 Å². The molecule has 6 heteroatoms. The Labute approximate surface area is 172 Å². The number of carbonyl (C=O) groups excluding carboxylic acids is 1. The summed E-state index contributed by atoms with van der Waals surface area (Å²) in [5, 5.41) is 5.93. The Morgan fingerprint density at radius 1 is 1.00 bits per heavy atom. The molecule has 0 aliphatic heterocycles. The van der Waals surface area contributed by atoms with Crippen molar-refractivity contribution in [2.75, 3.05) is 11.9 Å². The maximum Gasteiger partial charge on any atom is 0.261 e. The molecule has 28 heavy (non-hydrogen) atoms. The van der Waals surface area contributed by atoms with Crippen LogP contribution in [0.5, 0.6) is 11.5 Å². The van der Waals surface area contributed by atoms with E-state index >= 15 is 0 Å². The van der Waals surface area contributed by atoms with Crippen LogP contribution in [0.3, 0.4) is 0 Å². The molecular formula is C22H28N2O3S. The molecule has 0 aliphatic rings. The summed E-state index contributed by atoms with van der Waals surface area (Å²) >= 11 is 5.31. The third-order valence-electron chi connectivity index (χ3n) is 3.81. The first-order valence-electron chi connectivity index (χ1n) is 9.46. The van der Waals surface area contributed by atoms with Crippen LogP contribution in [-0.4, -0.2) is 23.7 Å². The van der Waals surface area contributed by atoms with Crippen molar-refractivity contribution in [3.8, 4) is 11.5 Å². The maximum absolute atomic E-state index is 12.7. The van der Waals surface area contributed by atoms with Gasteiger partial charge in [-0.15, -0.1) is 0 Å². The molecule has 5 nitrogen and oxygen atoms in total. The Bertz CT molecular complexity index is 806. The van der Waals surface area contributed by atoms with Gasteiger partial charge in [0, 0.05) is 0 Å². The Kier molecular flexibility index (Phi) is 8.26. The number of anilines is 1. The number of thiocarbonyl (C=S) groups is 1. The minimum Gasteiger partial charge on any atom is -0.493 e. The van der Waals surface area contributed by atoms with Gasteiger partial charge >= 0.3 is 0 Å². The van der Waals surface area contributed by atoms with Crippen LogP contribution < -0.4 is 20.1 Å². The molecule has 2 aromatic carbocycles. The summed E-state index contributed by atoms with van der Waals surface area (Å²) in [7, 11) is 0. The Balaban J connectivity index is 2.03. The molecule has 0 radical (unpaired) electrons. The lowest BCUT2D eigenvalue weighted by molar-refractivity contribution is 0.0973. The second-order valence-electron chi connectivity index (χ2n) is 7.10. The van der Waals surface area contributed by atoms with Gasteiger partial charge in [-0.05, 0) is 62.7 Å². The fourth-order valence-electron chi connectivity index (χ4n) is 2.44. The fraction of sp³-hybridized carbons (Fsp3) is 0.364. The van der Waals surface area contributed by atoms with E-state index in [1.807, 2.05) is 44.2 Å². The highest BCUT2D eigenvalue weighted by Crippen LogP contribution is 2.25. The van der Waals surface area contributed by atoms with E-state index < -0.39 is 0 Å². The van der Waals surface area contributed by atoms with Crippen molar-refractivity contribution in [1.29, 1.82) is 0 Å². The van der Waals surface area contributed by atoms with E-state index in [1.54, 1.807) is 18.2 Å². The van der Waals surface area contributed by atoms with Gasteiger partial charge in [0.25, 0.3) is 5.91 Å². The lowest BCUT2D eigenvalue weighted by Gasteiger charge is -2.17. The monoisotopic (exact) mass is 400 g/mol. The van der Waals surface area contributed by atoms with Gasteiger partial charge in [-0.25, -0.2) is 0 Å². The van der Waals surface area contributed by atoms with E-state index in [4.69, 9.17) is 21.7 Å². The standard InChI is InChI=1S/C22H28N2O3S/c1-15(2)13-14-26-19-11-7-5-9-17(19)21(25)24-22(28)23-18-10-6-8-12-20(18)27-16(3)4/h5-12,15-16H,13-14H2,1-4H3,(H2,23,24,25,28). The van der Waals surface area contributed by atoms with Crippen LogP contribution in [0.25, 0.3) is 0 Å². The Hall–Kier alpha value is -2.60. The van der Waals surface area contributed by atoms with Crippen LogP contribution in [-0.2, 0) is 0 Å². The lowest BCUT2D eigenvalue weighted by Crippen LogP contribution is -2.34. The summed E-state index contributed by atoms with van der Waals surface area (Å²) in [4.78, 5) is 12.7. The minimum absolute atomic E-state index is 0.0287. The zero-order valence-corrected chi connectivity index (χ0v) is 17.6. The van der Waals surface area contributed by atoms with Crippen LogP contribution in [0.2, 0.25) is 0 Å². The predicted molar refractivity (Wildman–Crippen MR) is 117 cm³/mol. The van der Waals surface area contributed by atoms with Crippen LogP contribution >= 0.6 is 12.2 Å². The van der Waals surface area contributed by atoms with Gasteiger partial charge in [0.2, 0.25) is 0 Å². The SMILES string of the molecule is CC(C)CCOc1ccccc1C(=O)NC(=S)Nc1ccccc1OC(C)C. The number of nitrogens with one attached hydrogen (secondary N) is 2. The van der Waals surface area contributed by atoms with Gasteiger partial charge in [-0.2, -0.15) is 0 Å². The quantitative estimate of drug-likeness (QED) is 0.609. The van der Waals surface area contributed by atoms with E-state index in [1.165, 1.54) is 0 Å². The maximum atomic E-state index is 12.7. The zero-order chi connectivity index (χ0) is 20.5. The number of rotatable bonds is 8. The number of carbonyl (C=O) groups is 1. The summed E-state index contributed by atoms with van der Waals surface area (Å²) in [5.74, 6) is 1.43. The van der Waals surface area contributed by atoms with Gasteiger partial charge in [-0.3, -0.25) is 10.1 Å². The normalized spacial score (nSPS) is 10.6. The zero-order valence-electron chi connectivity index (χ0n) is 16.8. The lowest BCUT2D eigenvalue weighted by atomic mass is 10.1. The molecule has 0 aromatic heterocycles. The van der Waals surface area contributed by atoms with Gasteiger partial charge < -0.3 is 14.8 Å². The molecule has 2 aromatic rings. The number of benzene rings is 2. The Morgan fingerprint density at radius 3 is 2.32 bits per heavy atom. The topological polar surface area (TPSA) is 59.6 Å². The van der Waals surface area contributed by atoms with Crippen LogP contribution in [0, 0.1) is 5.92 Å². The average molecular weight is 401 g/mol. The first-order chi connectivity index (χ1) is 13.4. The second-order valence-corrected chi connectivity index (χ2v) is 7.51. The highest BCUT2D eigenvalue weighted by atomic mass is 32.1. The van der Waals surface area contributed by atoms with Crippen molar-refractivity contribution < 1.29 is 14.3 Å². The van der Waals surface area contributed by atoms with Crippen molar-refractivity contribution in [3.05, 3.63) is 54.1 Å². The number of para-hydroxylation sites is 3. The molecule has 0 unspecified atom stereocenters. The van der Waals surface area contributed by atoms with E-state index in [2.05, 4.69) is 24.5 Å². The van der Waals surface area contributed by atoms with Crippen molar-refractivity contribution in [1.82, 2.24) is 5.32 Å². The molecule has 0 spiro atoms. The fourth-order valence-corrected chi connectivity index (χ4v) is 2.64. The van der Waals surface area contributed by atoms with E-state index in [9.17, 15) is 4.79 Å². The molecule has 0 aliphatic carbocycles. The van der Waals surface area contributed by atoms with Crippen LogP contribution in [0.1, 0.15) is 44.5 Å². The van der Waals surface area contributed by atoms with Crippen LogP contribution in [0.4, 0.5) is 5.69 Å². The molecule has 150 valence electrons. The van der Waals surface area contributed by atoms with Gasteiger partial charge in [0.05, 0.1) is 24.0 Å². The van der Waals surface area contributed by atoms with E-state index in [0.29, 0.717) is 35.3 Å². The summed E-state index contributed by atoms with van der Waals surface area (Å²) < 4.78 is 11.6. The third kappa shape index (κ3) is 6.85. The molecule has 2 N–H and O–H groups in total. The number of ether oxygens (including phenoxy) is 2. The smallest absolute Gasteiger partial charge is 0.261 e. The molecule has 0 atom stereocenters. The average Bonchev–Trinajstić information content (AvgIpc) is 2.63. The van der Waals surface area contributed by atoms with E-state index in [0.717, 1.165) is 6.42 Å². The minimum atomic E-state index is -0.320.